The molecule has 1 aromatic carbocycles. The molecule has 19 heavy (non-hydrogen) atoms. The maximum atomic E-state index is 12.7. The Balaban J connectivity index is 2.39. The van der Waals surface area contributed by atoms with Gasteiger partial charge in [0.2, 0.25) is 0 Å². The van der Waals surface area contributed by atoms with E-state index in [-0.39, 0.29) is 17.5 Å². The Morgan fingerprint density at radius 3 is 2.47 bits per heavy atom. The topological polar surface area (TPSA) is 46.5 Å². The number of carbonyl (C=O) groups excluding carboxylic acids is 1. The molecule has 2 rings (SSSR count). The van der Waals surface area contributed by atoms with E-state index < -0.39 is 23.3 Å². The fourth-order valence-corrected chi connectivity index (χ4v) is 1.89. The second-order valence-electron chi connectivity index (χ2n) is 4.81. The zero-order valence-corrected chi connectivity index (χ0v) is 10.3. The molecule has 1 aliphatic carbocycles. The number of aliphatic hydroxyl groups is 1. The monoisotopic (exact) mass is 274 g/mol. The normalized spacial score (nSPS) is 17.1. The lowest BCUT2D eigenvalue weighted by Crippen LogP contribution is -2.14. The molecule has 0 aliphatic heterocycles. The summed E-state index contributed by atoms with van der Waals surface area (Å²) in [7, 11) is 1.11. The van der Waals surface area contributed by atoms with Crippen LogP contribution in [-0.2, 0) is 17.3 Å². The molecular formula is C13H13F3O3. The first-order chi connectivity index (χ1) is 8.73. The van der Waals surface area contributed by atoms with Gasteiger partial charge in [-0.1, -0.05) is 0 Å². The quantitative estimate of drug-likeness (QED) is 0.862. The van der Waals surface area contributed by atoms with Crippen molar-refractivity contribution >= 4 is 5.97 Å². The van der Waals surface area contributed by atoms with Gasteiger partial charge in [-0.3, -0.25) is 0 Å². The minimum absolute atomic E-state index is 0.112. The van der Waals surface area contributed by atoms with E-state index in [2.05, 4.69) is 4.74 Å². The molecule has 1 aliphatic rings. The molecule has 0 unspecified atom stereocenters. The Bertz CT molecular complexity index is 504. The zero-order chi connectivity index (χ0) is 14.3. The van der Waals surface area contributed by atoms with Crippen molar-refractivity contribution < 1.29 is 27.8 Å². The van der Waals surface area contributed by atoms with Crippen molar-refractivity contribution in [3.05, 3.63) is 34.9 Å². The second kappa shape index (κ2) is 4.52. The highest BCUT2D eigenvalue weighted by Gasteiger charge is 2.41. The highest BCUT2D eigenvalue weighted by molar-refractivity contribution is 5.89. The van der Waals surface area contributed by atoms with E-state index in [1.54, 1.807) is 0 Å². The van der Waals surface area contributed by atoms with Crippen LogP contribution >= 0.6 is 0 Å². The SMILES string of the molecule is COC(=O)c1cc(CC2(O)CC2)cc(C(F)(F)F)c1. The first-order valence-electron chi connectivity index (χ1n) is 5.75. The van der Waals surface area contributed by atoms with Crippen LogP contribution < -0.4 is 0 Å². The number of esters is 1. The van der Waals surface area contributed by atoms with E-state index in [0.717, 1.165) is 19.2 Å². The first-order valence-corrected chi connectivity index (χ1v) is 5.75. The fourth-order valence-electron chi connectivity index (χ4n) is 1.89. The molecule has 0 atom stereocenters. The Morgan fingerprint density at radius 1 is 1.37 bits per heavy atom. The molecule has 1 N–H and O–H groups in total. The number of halogens is 3. The molecule has 0 bridgehead atoms. The predicted molar refractivity (Wildman–Crippen MR) is 60.7 cm³/mol. The van der Waals surface area contributed by atoms with Gasteiger partial charge in [-0.25, -0.2) is 4.79 Å². The lowest BCUT2D eigenvalue weighted by atomic mass is 10.00. The van der Waals surface area contributed by atoms with E-state index in [4.69, 9.17) is 0 Å². The average Bonchev–Trinajstić information content (AvgIpc) is 3.04. The van der Waals surface area contributed by atoms with Gasteiger partial charge in [-0.15, -0.1) is 0 Å². The van der Waals surface area contributed by atoms with E-state index in [1.165, 1.54) is 6.07 Å². The highest BCUT2D eigenvalue weighted by atomic mass is 19.4. The molecule has 1 aromatic rings. The van der Waals surface area contributed by atoms with E-state index in [9.17, 15) is 23.1 Å². The second-order valence-corrected chi connectivity index (χ2v) is 4.81. The van der Waals surface area contributed by atoms with Gasteiger partial charge >= 0.3 is 12.1 Å². The lowest BCUT2D eigenvalue weighted by Gasteiger charge is -2.13. The molecule has 0 spiro atoms. The van der Waals surface area contributed by atoms with Crippen LogP contribution in [0.1, 0.15) is 34.3 Å². The number of hydrogen-bond donors (Lipinski definition) is 1. The minimum atomic E-state index is -4.54. The summed E-state index contributed by atoms with van der Waals surface area (Å²) in [6.45, 7) is 0. The summed E-state index contributed by atoms with van der Waals surface area (Å²) < 4.78 is 42.7. The first kappa shape index (κ1) is 13.9. The van der Waals surface area contributed by atoms with Crippen molar-refractivity contribution in [3.8, 4) is 0 Å². The summed E-state index contributed by atoms with van der Waals surface area (Å²) in [6, 6.07) is 3.05. The van der Waals surface area contributed by atoms with Crippen molar-refractivity contribution in [3.63, 3.8) is 0 Å². The van der Waals surface area contributed by atoms with Crippen LogP contribution in [0, 0.1) is 0 Å². The Hall–Kier alpha value is -1.56. The number of alkyl halides is 3. The fraction of sp³-hybridized carbons (Fsp3) is 0.462. The number of carbonyl (C=O) groups is 1. The van der Waals surface area contributed by atoms with E-state index in [1.807, 2.05) is 0 Å². The van der Waals surface area contributed by atoms with Gasteiger partial charge in [0, 0.05) is 6.42 Å². The van der Waals surface area contributed by atoms with Gasteiger partial charge in [0.05, 0.1) is 23.8 Å². The van der Waals surface area contributed by atoms with Gasteiger partial charge in [0.15, 0.2) is 0 Å². The average molecular weight is 274 g/mol. The number of rotatable bonds is 3. The molecule has 1 saturated carbocycles. The summed E-state index contributed by atoms with van der Waals surface area (Å²) in [5, 5.41) is 9.77. The molecule has 3 nitrogen and oxygen atoms in total. The Morgan fingerprint density at radius 2 is 2.00 bits per heavy atom. The molecule has 0 amide bonds. The smallest absolute Gasteiger partial charge is 0.416 e. The van der Waals surface area contributed by atoms with Gasteiger partial charge in [0.25, 0.3) is 0 Å². The minimum Gasteiger partial charge on any atom is -0.465 e. The van der Waals surface area contributed by atoms with Crippen LogP contribution in [0.4, 0.5) is 13.2 Å². The van der Waals surface area contributed by atoms with Crippen LogP contribution in [0.2, 0.25) is 0 Å². The maximum Gasteiger partial charge on any atom is 0.416 e. The third-order valence-corrected chi connectivity index (χ3v) is 3.10. The molecule has 104 valence electrons. The number of benzene rings is 1. The van der Waals surface area contributed by atoms with Crippen molar-refractivity contribution in [2.45, 2.75) is 31.0 Å². The molecular weight excluding hydrogens is 261 g/mol. The van der Waals surface area contributed by atoms with Crippen LogP contribution in [0.15, 0.2) is 18.2 Å². The van der Waals surface area contributed by atoms with Crippen LogP contribution in [0.3, 0.4) is 0 Å². The third-order valence-electron chi connectivity index (χ3n) is 3.10. The van der Waals surface area contributed by atoms with E-state index >= 15 is 0 Å². The molecule has 0 heterocycles. The molecule has 0 saturated heterocycles. The number of methoxy groups -OCH3 is 1. The third kappa shape index (κ3) is 3.26. The number of ether oxygens (including phenoxy) is 1. The summed E-state index contributed by atoms with van der Waals surface area (Å²) in [4.78, 5) is 11.4. The van der Waals surface area contributed by atoms with Gasteiger partial charge in [0.1, 0.15) is 0 Å². The molecule has 1 fully saturated rings. The largest absolute Gasteiger partial charge is 0.465 e. The predicted octanol–water partition coefficient (Wildman–Crippen LogP) is 2.56. The zero-order valence-electron chi connectivity index (χ0n) is 10.3. The van der Waals surface area contributed by atoms with Crippen molar-refractivity contribution in [1.82, 2.24) is 0 Å². The van der Waals surface area contributed by atoms with Gasteiger partial charge in [-0.2, -0.15) is 13.2 Å². The van der Waals surface area contributed by atoms with Crippen LogP contribution in [-0.4, -0.2) is 23.8 Å². The van der Waals surface area contributed by atoms with Gasteiger partial charge in [-0.05, 0) is 36.6 Å². The molecule has 0 radical (unpaired) electrons. The maximum absolute atomic E-state index is 12.7. The summed E-state index contributed by atoms with van der Waals surface area (Å²) in [5.41, 5.74) is -1.70. The van der Waals surface area contributed by atoms with Gasteiger partial charge < -0.3 is 9.84 Å². The molecule has 6 heteroatoms. The lowest BCUT2D eigenvalue weighted by molar-refractivity contribution is -0.137. The summed E-state index contributed by atoms with van der Waals surface area (Å²) in [6.07, 6.45) is -3.29. The van der Waals surface area contributed by atoms with Crippen LogP contribution in [0.25, 0.3) is 0 Å². The Labute approximate surface area is 108 Å². The number of hydrogen-bond acceptors (Lipinski definition) is 3. The van der Waals surface area contributed by atoms with Crippen molar-refractivity contribution in [2.75, 3.05) is 7.11 Å². The highest BCUT2D eigenvalue weighted by Crippen LogP contribution is 2.39. The summed E-state index contributed by atoms with van der Waals surface area (Å²) in [5.74, 6) is -0.824. The van der Waals surface area contributed by atoms with Crippen LogP contribution in [0.5, 0.6) is 0 Å². The van der Waals surface area contributed by atoms with Crippen molar-refractivity contribution in [1.29, 1.82) is 0 Å². The molecule has 0 aromatic heterocycles. The summed E-state index contributed by atoms with van der Waals surface area (Å²) >= 11 is 0. The Kier molecular flexibility index (Phi) is 3.30. The van der Waals surface area contributed by atoms with E-state index in [0.29, 0.717) is 12.8 Å². The van der Waals surface area contributed by atoms with Crippen molar-refractivity contribution in [2.24, 2.45) is 0 Å². The standard InChI is InChI=1S/C13H13F3O3/c1-19-11(17)9-4-8(7-12(18)2-3-12)5-10(6-9)13(14,15)16/h4-6,18H,2-3,7H2,1H3.